The molecule has 0 bridgehead atoms. The highest BCUT2D eigenvalue weighted by molar-refractivity contribution is 6.08. The maximum atomic E-state index is 12.6. The van der Waals surface area contributed by atoms with E-state index in [1.807, 2.05) is 31.2 Å². The molecular formula is C22H18F3N3O2. The number of amides is 2. The van der Waals surface area contributed by atoms with Crippen molar-refractivity contribution in [3.63, 3.8) is 0 Å². The van der Waals surface area contributed by atoms with Gasteiger partial charge >= 0.3 is 6.18 Å². The van der Waals surface area contributed by atoms with Crippen molar-refractivity contribution >= 4 is 17.5 Å². The quantitative estimate of drug-likeness (QED) is 0.643. The van der Waals surface area contributed by atoms with Gasteiger partial charge in [-0.3, -0.25) is 14.6 Å². The van der Waals surface area contributed by atoms with E-state index >= 15 is 0 Å². The number of halogens is 3. The Morgan fingerprint density at radius 2 is 1.63 bits per heavy atom. The monoisotopic (exact) mass is 413 g/mol. The van der Waals surface area contributed by atoms with Gasteiger partial charge in [0.2, 0.25) is 0 Å². The van der Waals surface area contributed by atoms with Gasteiger partial charge < -0.3 is 10.6 Å². The molecule has 0 aliphatic heterocycles. The summed E-state index contributed by atoms with van der Waals surface area (Å²) in [5.74, 6) is -1.06. The first-order valence-electron chi connectivity index (χ1n) is 9.01. The number of benzene rings is 2. The average molecular weight is 413 g/mol. The molecule has 0 spiro atoms. The predicted octanol–water partition coefficient (Wildman–Crippen LogP) is 4.59. The molecule has 154 valence electrons. The number of aryl methyl sites for hydroxylation is 1. The number of pyridine rings is 1. The van der Waals surface area contributed by atoms with Gasteiger partial charge in [0.1, 0.15) is 5.69 Å². The summed E-state index contributed by atoms with van der Waals surface area (Å²) in [4.78, 5) is 28.3. The Hall–Kier alpha value is -3.68. The molecule has 0 atom stereocenters. The highest BCUT2D eigenvalue weighted by atomic mass is 19.4. The molecule has 2 N–H and O–H groups in total. The maximum Gasteiger partial charge on any atom is 0.433 e. The lowest BCUT2D eigenvalue weighted by atomic mass is 10.1. The zero-order chi connectivity index (χ0) is 21.7. The van der Waals surface area contributed by atoms with Crippen molar-refractivity contribution in [3.8, 4) is 0 Å². The normalized spacial score (nSPS) is 11.1. The summed E-state index contributed by atoms with van der Waals surface area (Å²) in [6, 6.07) is 15.8. The van der Waals surface area contributed by atoms with Crippen LogP contribution in [0.4, 0.5) is 18.9 Å². The number of carbonyl (C=O) groups excluding carboxylic acids is 2. The number of anilines is 1. The average Bonchev–Trinajstić information content (AvgIpc) is 2.73. The van der Waals surface area contributed by atoms with Crippen LogP contribution in [0.5, 0.6) is 0 Å². The third-order valence-electron chi connectivity index (χ3n) is 4.31. The second-order valence-corrected chi connectivity index (χ2v) is 6.60. The fraction of sp³-hybridized carbons (Fsp3) is 0.136. The van der Waals surface area contributed by atoms with E-state index in [1.165, 1.54) is 6.07 Å². The molecule has 2 aromatic carbocycles. The number of hydrogen-bond donors (Lipinski definition) is 2. The number of hydrogen-bond acceptors (Lipinski definition) is 3. The maximum absolute atomic E-state index is 12.6. The van der Waals surface area contributed by atoms with E-state index in [0.717, 1.165) is 29.5 Å². The van der Waals surface area contributed by atoms with Crippen molar-refractivity contribution < 1.29 is 22.8 Å². The Bertz CT molecular complexity index is 1050. The minimum absolute atomic E-state index is 0.0575. The molecule has 0 saturated carbocycles. The van der Waals surface area contributed by atoms with E-state index in [1.54, 1.807) is 18.2 Å². The third-order valence-corrected chi connectivity index (χ3v) is 4.31. The van der Waals surface area contributed by atoms with Crippen molar-refractivity contribution in [3.05, 3.63) is 94.8 Å². The molecule has 5 nitrogen and oxygen atoms in total. The van der Waals surface area contributed by atoms with Crippen molar-refractivity contribution in [2.75, 3.05) is 5.32 Å². The molecule has 0 unspecified atom stereocenters. The Balaban J connectivity index is 1.70. The molecule has 0 saturated heterocycles. The lowest BCUT2D eigenvalue weighted by Crippen LogP contribution is -2.25. The summed E-state index contributed by atoms with van der Waals surface area (Å²) in [5.41, 5.74) is 1.36. The highest BCUT2D eigenvalue weighted by Gasteiger charge is 2.32. The van der Waals surface area contributed by atoms with E-state index in [2.05, 4.69) is 15.6 Å². The molecule has 1 aromatic heterocycles. The summed E-state index contributed by atoms with van der Waals surface area (Å²) in [6.07, 6.45) is -3.74. The van der Waals surface area contributed by atoms with Crippen molar-refractivity contribution in [2.24, 2.45) is 0 Å². The lowest BCUT2D eigenvalue weighted by molar-refractivity contribution is -0.141. The zero-order valence-corrected chi connectivity index (χ0v) is 16.0. The Morgan fingerprint density at radius 1 is 0.933 bits per heavy atom. The zero-order valence-electron chi connectivity index (χ0n) is 16.0. The molecule has 1 heterocycles. The van der Waals surface area contributed by atoms with Gasteiger partial charge in [0.15, 0.2) is 0 Å². The van der Waals surface area contributed by atoms with Crippen LogP contribution >= 0.6 is 0 Å². The largest absolute Gasteiger partial charge is 0.433 e. The van der Waals surface area contributed by atoms with E-state index in [-0.39, 0.29) is 16.8 Å². The molecule has 0 aliphatic rings. The van der Waals surface area contributed by atoms with Crippen LogP contribution in [0.15, 0.2) is 66.9 Å². The molecule has 2 amide bonds. The van der Waals surface area contributed by atoms with Crippen molar-refractivity contribution in [1.29, 1.82) is 0 Å². The topological polar surface area (TPSA) is 71.1 Å². The predicted molar refractivity (Wildman–Crippen MR) is 106 cm³/mol. The van der Waals surface area contributed by atoms with Gasteiger partial charge in [-0.25, -0.2) is 0 Å². The second-order valence-electron chi connectivity index (χ2n) is 6.60. The Kier molecular flexibility index (Phi) is 6.15. The van der Waals surface area contributed by atoms with Gasteiger partial charge in [-0.05, 0) is 36.8 Å². The van der Waals surface area contributed by atoms with Gasteiger partial charge in [-0.1, -0.05) is 42.0 Å². The van der Waals surface area contributed by atoms with E-state index < -0.39 is 23.7 Å². The number of para-hydroxylation sites is 1. The minimum atomic E-state index is -4.59. The van der Waals surface area contributed by atoms with Gasteiger partial charge in [-0.2, -0.15) is 13.2 Å². The van der Waals surface area contributed by atoms with Gasteiger partial charge in [0.25, 0.3) is 11.8 Å². The lowest BCUT2D eigenvalue weighted by Gasteiger charge is -2.12. The summed E-state index contributed by atoms with van der Waals surface area (Å²) >= 11 is 0. The second kappa shape index (κ2) is 8.77. The van der Waals surface area contributed by atoms with Crippen LogP contribution in [-0.2, 0) is 12.7 Å². The van der Waals surface area contributed by atoms with Crippen molar-refractivity contribution in [1.82, 2.24) is 10.3 Å². The molecule has 30 heavy (non-hydrogen) atoms. The number of carbonyl (C=O) groups is 2. The molecule has 0 aliphatic carbocycles. The fourth-order valence-electron chi connectivity index (χ4n) is 2.66. The SMILES string of the molecule is Cc1ccc(CNC(=O)c2ccccc2NC(=O)c2ccc(C(F)(F)F)nc2)cc1. The van der Waals surface area contributed by atoms with Crippen LogP contribution in [0.2, 0.25) is 0 Å². The first-order valence-corrected chi connectivity index (χ1v) is 9.01. The highest BCUT2D eigenvalue weighted by Crippen LogP contribution is 2.27. The van der Waals surface area contributed by atoms with Crippen LogP contribution in [-0.4, -0.2) is 16.8 Å². The van der Waals surface area contributed by atoms with Gasteiger partial charge in [-0.15, -0.1) is 0 Å². The number of alkyl halides is 3. The Morgan fingerprint density at radius 3 is 2.27 bits per heavy atom. The van der Waals surface area contributed by atoms with E-state index in [4.69, 9.17) is 0 Å². The summed E-state index contributed by atoms with van der Waals surface area (Å²) < 4.78 is 37.9. The molecule has 8 heteroatoms. The summed E-state index contributed by atoms with van der Waals surface area (Å²) in [5, 5.41) is 5.34. The molecule has 0 fully saturated rings. The molecule has 0 radical (unpaired) electrons. The first-order chi connectivity index (χ1) is 14.2. The van der Waals surface area contributed by atoms with Crippen LogP contribution < -0.4 is 10.6 Å². The fourth-order valence-corrected chi connectivity index (χ4v) is 2.66. The van der Waals surface area contributed by atoms with Crippen LogP contribution in [0.3, 0.4) is 0 Å². The van der Waals surface area contributed by atoms with Gasteiger partial charge in [0.05, 0.1) is 16.8 Å². The molecule has 3 rings (SSSR count). The first kappa shape index (κ1) is 21.0. The number of rotatable bonds is 5. The Labute approximate surface area is 171 Å². The summed E-state index contributed by atoms with van der Waals surface area (Å²) in [7, 11) is 0. The van der Waals surface area contributed by atoms with Crippen LogP contribution in [0.1, 0.15) is 37.5 Å². The third kappa shape index (κ3) is 5.22. The molecular weight excluding hydrogens is 395 g/mol. The molecule has 3 aromatic rings. The summed E-state index contributed by atoms with van der Waals surface area (Å²) in [6.45, 7) is 2.28. The van der Waals surface area contributed by atoms with Crippen LogP contribution in [0, 0.1) is 6.92 Å². The van der Waals surface area contributed by atoms with E-state index in [9.17, 15) is 22.8 Å². The van der Waals surface area contributed by atoms with Crippen molar-refractivity contribution in [2.45, 2.75) is 19.6 Å². The minimum Gasteiger partial charge on any atom is -0.348 e. The smallest absolute Gasteiger partial charge is 0.348 e. The standard InChI is InChI=1S/C22H18F3N3O2/c1-14-6-8-15(9-7-14)12-27-21(30)17-4-2-3-5-18(17)28-20(29)16-10-11-19(26-13-16)22(23,24)25/h2-11,13H,12H2,1H3,(H,27,30)(H,28,29). The van der Waals surface area contributed by atoms with Crippen LogP contribution in [0.25, 0.3) is 0 Å². The number of nitrogens with one attached hydrogen (secondary N) is 2. The van der Waals surface area contributed by atoms with Gasteiger partial charge in [0, 0.05) is 12.7 Å². The van der Waals surface area contributed by atoms with E-state index in [0.29, 0.717) is 6.54 Å². The number of nitrogens with zero attached hydrogens (tertiary/aromatic N) is 1. The number of aromatic nitrogens is 1.